The lowest BCUT2D eigenvalue weighted by molar-refractivity contribution is 0.721. The molecule has 0 amide bonds. The first-order valence-corrected chi connectivity index (χ1v) is 7.11. The van der Waals surface area contributed by atoms with Gasteiger partial charge in [-0.3, -0.25) is 0 Å². The first kappa shape index (κ1) is 14.6. The fourth-order valence-electron chi connectivity index (χ4n) is 1.99. The molecule has 0 aliphatic heterocycles. The first-order valence-electron chi connectivity index (χ1n) is 7.11. The van der Waals surface area contributed by atoms with Gasteiger partial charge in [-0.1, -0.05) is 27.7 Å². The standard InChI is InChI=1S/C14H22N6/c1-5-12-18-13(6-2)20(19-12)11-8-16-14(9(3)4)17-10(11)7-15/h8-9H,5-7,15H2,1-4H3. The van der Waals surface area contributed by atoms with Crippen LogP contribution in [0.3, 0.4) is 0 Å². The molecule has 0 bridgehead atoms. The summed E-state index contributed by atoms with van der Waals surface area (Å²) in [5.74, 6) is 2.83. The van der Waals surface area contributed by atoms with Gasteiger partial charge in [-0.25, -0.2) is 19.6 Å². The van der Waals surface area contributed by atoms with Gasteiger partial charge in [-0.2, -0.15) is 5.10 Å². The van der Waals surface area contributed by atoms with Crippen LogP contribution >= 0.6 is 0 Å². The van der Waals surface area contributed by atoms with Gasteiger partial charge in [0.15, 0.2) is 5.82 Å². The van der Waals surface area contributed by atoms with Crippen molar-refractivity contribution in [3.8, 4) is 5.69 Å². The average Bonchev–Trinajstić information content (AvgIpc) is 2.89. The molecule has 0 radical (unpaired) electrons. The van der Waals surface area contributed by atoms with Gasteiger partial charge in [-0.05, 0) is 0 Å². The Hall–Kier alpha value is -1.82. The molecule has 2 aromatic rings. The van der Waals surface area contributed by atoms with Crippen molar-refractivity contribution in [2.24, 2.45) is 5.73 Å². The molecule has 0 atom stereocenters. The summed E-state index contributed by atoms with van der Waals surface area (Å²) in [6.45, 7) is 8.60. The lowest BCUT2D eigenvalue weighted by Crippen LogP contribution is -2.13. The number of rotatable bonds is 5. The molecule has 0 unspecified atom stereocenters. The largest absolute Gasteiger partial charge is 0.325 e. The molecular weight excluding hydrogens is 252 g/mol. The molecule has 0 fully saturated rings. The van der Waals surface area contributed by atoms with Crippen LogP contribution in [0.25, 0.3) is 5.69 Å². The third kappa shape index (κ3) is 2.70. The molecule has 2 heterocycles. The number of hydrogen-bond acceptors (Lipinski definition) is 5. The quantitative estimate of drug-likeness (QED) is 0.898. The van der Waals surface area contributed by atoms with Crippen molar-refractivity contribution in [3.63, 3.8) is 0 Å². The molecule has 2 N–H and O–H groups in total. The van der Waals surface area contributed by atoms with E-state index in [1.165, 1.54) is 0 Å². The van der Waals surface area contributed by atoms with Crippen molar-refractivity contribution in [1.29, 1.82) is 0 Å². The second-order valence-corrected chi connectivity index (χ2v) is 4.98. The van der Waals surface area contributed by atoms with Crippen LogP contribution in [0.15, 0.2) is 6.20 Å². The van der Waals surface area contributed by atoms with E-state index in [4.69, 9.17) is 5.73 Å². The Labute approximate surface area is 119 Å². The fraction of sp³-hybridized carbons (Fsp3) is 0.571. The van der Waals surface area contributed by atoms with E-state index in [1.54, 1.807) is 6.20 Å². The second kappa shape index (κ2) is 6.09. The summed E-state index contributed by atoms with van der Waals surface area (Å²) in [6, 6.07) is 0. The predicted octanol–water partition coefficient (Wildman–Crippen LogP) is 1.76. The highest BCUT2D eigenvalue weighted by Crippen LogP contribution is 2.17. The third-order valence-electron chi connectivity index (χ3n) is 3.15. The lowest BCUT2D eigenvalue weighted by Gasteiger charge is -2.11. The normalized spacial score (nSPS) is 11.3. The molecule has 2 rings (SSSR count). The van der Waals surface area contributed by atoms with Crippen molar-refractivity contribution in [2.75, 3.05) is 0 Å². The molecule has 0 spiro atoms. The van der Waals surface area contributed by atoms with E-state index in [9.17, 15) is 0 Å². The molecule has 108 valence electrons. The topological polar surface area (TPSA) is 82.5 Å². The minimum atomic E-state index is 0.280. The highest BCUT2D eigenvalue weighted by molar-refractivity contribution is 5.35. The Morgan fingerprint density at radius 3 is 2.50 bits per heavy atom. The Morgan fingerprint density at radius 2 is 1.95 bits per heavy atom. The van der Waals surface area contributed by atoms with E-state index in [0.29, 0.717) is 6.54 Å². The van der Waals surface area contributed by atoms with Gasteiger partial charge in [0.2, 0.25) is 0 Å². The van der Waals surface area contributed by atoms with E-state index in [0.717, 1.165) is 41.7 Å². The molecule has 0 saturated carbocycles. The van der Waals surface area contributed by atoms with E-state index in [-0.39, 0.29) is 5.92 Å². The monoisotopic (exact) mass is 274 g/mol. The van der Waals surface area contributed by atoms with Crippen molar-refractivity contribution in [2.45, 2.75) is 53.0 Å². The summed E-state index contributed by atoms with van der Waals surface area (Å²) in [7, 11) is 0. The summed E-state index contributed by atoms with van der Waals surface area (Å²) in [6.07, 6.45) is 3.42. The maximum Gasteiger partial charge on any atom is 0.151 e. The van der Waals surface area contributed by atoms with Crippen molar-refractivity contribution >= 4 is 0 Å². The minimum Gasteiger partial charge on any atom is -0.325 e. The zero-order valence-corrected chi connectivity index (χ0v) is 12.6. The van der Waals surface area contributed by atoms with Gasteiger partial charge < -0.3 is 5.73 Å². The molecule has 0 saturated heterocycles. The molecule has 6 heteroatoms. The number of nitrogens with two attached hydrogens (primary N) is 1. The molecular formula is C14H22N6. The fourth-order valence-corrected chi connectivity index (χ4v) is 1.99. The highest BCUT2D eigenvalue weighted by atomic mass is 15.4. The molecule has 6 nitrogen and oxygen atoms in total. The van der Waals surface area contributed by atoms with Crippen LogP contribution in [0.5, 0.6) is 0 Å². The number of nitrogens with zero attached hydrogens (tertiary/aromatic N) is 5. The van der Waals surface area contributed by atoms with Crippen LogP contribution in [0, 0.1) is 0 Å². The number of hydrogen-bond donors (Lipinski definition) is 1. The molecule has 2 aromatic heterocycles. The van der Waals surface area contributed by atoms with Crippen LogP contribution < -0.4 is 5.73 Å². The molecule has 0 aromatic carbocycles. The van der Waals surface area contributed by atoms with Crippen LogP contribution in [-0.4, -0.2) is 24.7 Å². The lowest BCUT2D eigenvalue weighted by atomic mass is 10.2. The Balaban J connectivity index is 2.54. The molecule has 0 aliphatic rings. The Bertz CT molecular complexity index is 587. The van der Waals surface area contributed by atoms with Crippen LogP contribution in [0.1, 0.15) is 56.8 Å². The van der Waals surface area contributed by atoms with Crippen LogP contribution in [0.4, 0.5) is 0 Å². The van der Waals surface area contributed by atoms with Crippen molar-refractivity contribution < 1.29 is 0 Å². The first-order chi connectivity index (χ1) is 9.60. The summed E-state index contributed by atoms with van der Waals surface area (Å²) in [5.41, 5.74) is 7.48. The number of aromatic nitrogens is 5. The van der Waals surface area contributed by atoms with Crippen molar-refractivity contribution in [1.82, 2.24) is 24.7 Å². The van der Waals surface area contributed by atoms with Gasteiger partial charge in [-0.15, -0.1) is 0 Å². The van der Waals surface area contributed by atoms with Gasteiger partial charge in [0, 0.05) is 25.3 Å². The van der Waals surface area contributed by atoms with Gasteiger partial charge in [0.1, 0.15) is 17.3 Å². The Kier molecular flexibility index (Phi) is 4.44. The van der Waals surface area contributed by atoms with Gasteiger partial charge in [0.25, 0.3) is 0 Å². The molecule has 0 aliphatic carbocycles. The predicted molar refractivity (Wildman–Crippen MR) is 77.7 cm³/mol. The van der Waals surface area contributed by atoms with Crippen LogP contribution in [0.2, 0.25) is 0 Å². The maximum absolute atomic E-state index is 5.84. The van der Waals surface area contributed by atoms with E-state index < -0.39 is 0 Å². The summed E-state index contributed by atoms with van der Waals surface area (Å²) in [4.78, 5) is 13.5. The van der Waals surface area contributed by atoms with Gasteiger partial charge >= 0.3 is 0 Å². The second-order valence-electron chi connectivity index (χ2n) is 4.98. The van der Waals surface area contributed by atoms with Gasteiger partial charge in [0.05, 0.1) is 11.9 Å². The maximum atomic E-state index is 5.84. The molecule has 20 heavy (non-hydrogen) atoms. The average molecular weight is 274 g/mol. The Morgan fingerprint density at radius 1 is 1.20 bits per heavy atom. The van der Waals surface area contributed by atoms with E-state index >= 15 is 0 Å². The minimum absolute atomic E-state index is 0.280. The van der Waals surface area contributed by atoms with E-state index in [2.05, 4.69) is 40.8 Å². The zero-order valence-electron chi connectivity index (χ0n) is 12.6. The SMILES string of the molecule is CCc1nc(CC)n(-c2cnc(C(C)C)nc2CN)n1. The third-order valence-corrected chi connectivity index (χ3v) is 3.15. The highest BCUT2D eigenvalue weighted by Gasteiger charge is 2.15. The summed E-state index contributed by atoms with van der Waals surface area (Å²) in [5, 5.41) is 4.52. The zero-order chi connectivity index (χ0) is 14.7. The summed E-state index contributed by atoms with van der Waals surface area (Å²) < 4.78 is 1.82. The smallest absolute Gasteiger partial charge is 0.151 e. The van der Waals surface area contributed by atoms with Crippen molar-refractivity contribution in [3.05, 3.63) is 29.4 Å². The number of aryl methyl sites for hydroxylation is 2. The van der Waals surface area contributed by atoms with Crippen LogP contribution in [-0.2, 0) is 19.4 Å². The summed E-state index contributed by atoms with van der Waals surface area (Å²) >= 11 is 0. The van der Waals surface area contributed by atoms with E-state index in [1.807, 2.05) is 11.6 Å².